The summed E-state index contributed by atoms with van der Waals surface area (Å²) in [5, 5.41) is 8.95. The Morgan fingerprint density at radius 2 is 2.10 bits per heavy atom. The van der Waals surface area contributed by atoms with Gasteiger partial charge in [0.05, 0.1) is 18.4 Å². The molecule has 0 saturated carbocycles. The molecule has 1 rings (SSSR count). The number of hydrogen-bond donors (Lipinski definition) is 1. The van der Waals surface area contributed by atoms with Crippen molar-refractivity contribution in [2.75, 3.05) is 32.7 Å². The van der Waals surface area contributed by atoms with Gasteiger partial charge in [0, 0.05) is 19.3 Å². The lowest BCUT2D eigenvalue weighted by atomic mass is 10.1. The van der Waals surface area contributed by atoms with Crippen LogP contribution in [0.15, 0.2) is 23.1 Å². The summed E-state index contributed by atoms with van der Waals surface area (Å²) in [4.78, 5) is 10.9. The number of methoxy groups -OCH3 is 1. The third-order valence-electron chi connectivity index (χ3n) is 2.91. The summed E-state index contributed by atoms with van der Waals surface area (Å²) in [6, 6.07) is 4.35. The topological polar surface area (TPSA) is 83.9 Å². The van der Waals surface area contributed by atoms with Crippen molar-refractivity contribution >= 4 is 27.8 Å². The summed E-state index contributed by atoms with van der Waals surface area (Å²) in [5.41, 5.74) is 0.220. The number of hydrogen-bond acceptors (Lipinski definition) is 5. The number of carboxylic acid groups (broad SMARTS) is 1. The molecule has 0 aliphatic rings. The molecule has 8 heteroatoms. The Kier molecular flexibility index (Phi) is 6.50. The normalized spacial score (nSPS) is 11.6. The fraction of sp³-hybridized carbons (Fsp3) is 0.462. The number of benzene rings is 1. The van der Waals surface area contributed by atoms with Crippen LogP contribution < -0.4 is 4.74 Å². The minimum Gasteiger partial charge on any atom is -0.497 e. The summed E-state index contributed by atoms with van der Waals surface area (Å²) >= 11 is 1.54. The summed E-state index contributed by atoms with van der Waals surface area (Å²) in [5.74, 6) is 0.00333. The standard InChI is InChI=1S/C13H19NO5S2/c1-14(6-7-20-3)21(17,18)12-5-4-11(19-2)8-10(12)9-13(15)16/h4-5,8H,6-7,9H2,1-3H3,(H,15,16). The van der Waals surface area contributed by atoms with Crippen LogP contribution in [0.5, 0.6) is 5.75 Å². The second kappa shape index (κ2) is 7.67. The molecule has 1 N–H and O–H groups in total. The molecule has 1 aromatic carbocycles. The van der Waals surface area contributed by atoms with Gasteiger partial charge in [-0.2, -0.15) is 11.8 Å². The molecule has 1 aromatic rings. The molecule has 0 bridgehead atoms. The van der Waals surface area contributed by atoms with Crippen molar-refractivity contribution in [1.29, 1.82) is 0 Å². The monoisotopic (exact) mass is 333 g/mol. The van der Waals surface area contributed by atoms with Gasteiger partial charge in [-0.3, -0.25) is 4.79 Å². The number of nitrogens with zero attached hydrogens (tertiary/aromatic N) is 1. The zero-order valence-electron chi connectivity index (χ0n) is 12.2. The van der Waals surface area contributed by atoms with Gasteiger partial charge in [0.1, 0.15) is 5.75 Å². The van der Waals surface area contributed by atoms with Gasteiger partial charge in [0.2, 0.25) is 10.0 Å². The van der Waals surface area contributed by atoms with E-state index in [2.05, 4.69) is 0 Å². The predicted molar refractivity (Wildman–Crippen MR) is 82.5 cm³/mol. The Morgan fingerprint density at radius 1 is 1.43 bits per heavy atom. The van der Waals surface area contributed by atoms with Crippen LogP contribution in [0.1, 0.15) is 5.56 Å². The van der Waals surface area contributed by atoms with E-state index < -0.39 is 16.0 Å². The number of carbonyl (C=O) groups is 1. The van der Waals surface area contributed by atoms with E-state index in [9.17, 15) is 13.2 Å². The molecule has 0 amide bonds. The zero-order valence-corrected chi connectivity index (χ0v) is 13.8. The second-order valence-corrected chi connectivity index (χ2v) is 7.36. The maximum atomic E-state index is 12.5. The van der Waals surface area contributed by atoms with Crippen molar-refractivity contribution in [2.24, 2.45) is 0 Å². The van der Waals surface area contributed by atoms with Crippen molar-refractivity contribution in [3.8, 4) is 5.75 Å². The molecular weight excluding hydrogens is 314 g/mol. The Labute approximate surface area is 129 Å². The van der Waals surface area contributed by atoms with Gasteiger partial charge in [-0.1, -0.05) is 0 Å². The van der Waals surface area contributed by atoms with Crippen molar-refractivity contribution in [1.82, 2.24) is 4.31 Å². The largest absolute Gasteiger partial charge is 0.497 e. The van der Waals surface area contributed by atoms with E-state index in [1.165, 1.54) is 36.7 Å². The van der Waals surface area contributed by atoms with Crippen LogP contribution in [-0.2, 0) is 21.2 Å². The maximum Gasteiger partial charge on any atom is 0.307 e. The molecule has 0 radical (unpaired) electrons. The lowest BCUT2D eigenvalue weighted by Crippen LogP contribution is -2.30. The number of aliphatic carboxylic acids is 1. The zero-order chi connectivity index (χ0) is 16.0. The fourth-order valence-electron chi connectivity index (χ4n) is 1.74. The molecule has 0 heterocycles. The number of thioether (sulfide) groups is 1. The second-order valence-electron chi connectivity index (χ2n) is 4.36. The highest BCUT2D eigenvalue weighted by molar-refractivity contribution is 7.98. The summed E-state index contributed by atoms with van der Waals surface area (Å²) in [7, 11) is -0.782. The smallest absolute Gasteiger partial charge is 0.307 e. The van der Waals surface area contributed by atoms with Crippen LogP contribution in [0.3, 0.4) is 0 Å². The SMILES string of the molecule is COc1ccc(S(=O)(=O)N(C)CCSC)c(CC(=O)O)c1. The van der Waals surface area contributed by atoms with E-state index in [1.54, 1.807) is 11.8 Å². The van der Waals surface area contributed by atoms with Gasteiger partial charge in [-0.05, 0) is 30.0 Å². The van der Waals surface area contributed by atoms with Crippen molar-refractivity contribution in [3.05, 3.63) is 23.8 Å². The van der Waals surface area contributed by atoms with Gasteiger partial charge in [0.15, 0.2) is 0 Å². The Morgan fingerprint density at radius 3 is 2.62 bits per heavy atom. The number of sulfonamides is 1. The van der Waals surface area contributed by atoms with E-state index in [4.69, 9.17) is 9.84 Å². The van der Waals surface area contributed by atoms with Crippen LogP contribution in [-0.4, -0.2) is 56.5 Å². The lowest BCUT2D eigenvalue weighted by Gasteiger charge is -2.19. The molecule has 0 unspecified atom stereocenters. The summed E-state index contributed by atoms with van der Waals surface area (Å²) in [6.45, 7) is 0.363. The summed E-state index contributed by atoms with van der Waals surface area (Å²) in [6.07, 6.45) is 1.52. The third-order valence-corrected chi connectivity index (χ3v) is 5.46. The Balaban J connectivity index is 3.23. The van der Waals surface area contributed by atoms with Crippen LogP contribution in [0.2, 0.25) is 0 Å². The first-order valence-corrected chi connectivity index (χ1v) is 9.00. The minimum atomic E-state index is -3.71. The average molecular weight is 333 g/mol. The maximum absolute atomic E-state index is 12.5. The van der Waals surface area contributed by atoms with Gasteiger partial charge in [-0.25, -0.2) is 12.7 Å². The van der Waals surface area contributed by atoms with E-state index in [0.29, 0.717) is 18.0 Å². The molecule has 0 aliphatic heterocycles. The molecule has 0 fully saturated rings. The first-order chi connectivity index (χ1) is 9.82. The number of rotatable bonds is 8. The van der Waals surface area contributed by atoms with Crippen LogP contribution in [0.4, 0.5) is 0 Å². The molecule has 0 aromatic heterocycles. The molecule has 21 heavy (non-hydrogen) atoms. The first-order valence-electron chi connectivity index (χ1n) is 6.17. The number of ether oxygens (including phenoxy) is 1. The number of carboxylic acids is 1. The van der Waals surface area contributed by atoms with Gasteiger partial charge in [0.25, 0.3) is 0 Å². The van der Waals surface area contributed by atoms with Gasteiger partial charge < -0.3 is 9.84 Å². The summed E-state index contributed by atoms with van der Waals surface area (Å²) < 4.78 is 31.3. The fourth-order valence-corrected chi connectivity index (χ4v) is 3.69. The minimum absolute atomic E-state index is 0.00861. The highest BCUT2D eigenvalue weighted by Gasteiger charge is 2.24. The van der Waals surface area contributed by atoms with E-state index in [-0.39, 0.29) is 16.9 Å². The Bertz CT molecular complexity index is 601. The van der Waals surface area contributed by atoms with Crippen LogP contribution in [0, 0.1) is 0 Å². The van der Waals surface area contributed by atoms with Gasteiger partial charge >= 0.3 is 5.97 Å². The van der Waals surface area contributed by atoms with Crippen molar-refractivity contribution < 1.29 is 23.1 Å². The quantitative estimate of drug-likeness (QED) is 0.772. The highest BCUT2D eigenvalue weighted by atomic mass is 32.2. The van der Waals surface area contributed by atoms with Gasteiger partial charge in [-0.15, -0.1) is 0 Å². The van der Waals surface area contributed by atoms with Crippen molar-refractivity contribution in [3.63, 3.8) is 0 Å². The Hall–Kier alpha value is -1.25. The first kappa shape index (κ1) is 17.8. The average Bonchev–Trinajstić information content (AvgIpc) is 2.43. The van der Waals surface area contributed by atoms with Crippen LogP contribution in [0.25, 0.3) is 0 Å². The highest BCUT2D eigenvalue weighted by Crippen LogP contribution is 2.25. The lowest BCUT2D eigenvalue weighted by molar-refractivity contribution is -0.136. The third kappa shape index (κ3) is 4.62. The molecule has 0 aliphatic carbocycles. The molecule has 0 saturated heterocycles. The molecule has 0 atom stereocenters. The molecule has 6 nitrogen and oxygen atoms in total. The predicted octanol–water partition coefficient (Wildman–Crippen LogP) is 1.31. The van der Waals surface area contributed by atoms with E-state index in [1.807, 2.05) is 6.26 Å². The van der Waals surface area contributed by atoms with E-state index >= 15 is 0 Å². The van der Waals surface area contributed by atoms with Crippen LogP contribution >= 0.6 is 11.8 Å². The van der Waals surface area contributed by atoms with Crippen molar-refractivity contribution in [2.45, 2.75) is 11.3 Å². The van der Waals surface area contributed by atoms with E-state index in [0.717, 1.165) is 0 Å². The molecular formula is C13H19NO5S2. The molecule has 0 spiro atoms. The molecule has 118 valence electrons.